The van der Waals surface area contributed by atoms with Gasteiger partial charge in [0.1, 0.15) is 6.33 Å². The summed E-state index contributed by atoms with van der Waals surface area (Å²) >= 11 is 0. The Bertz CT molecular complexity index is 473. The van der Waals surface area contributed by atoms with Crippen molar-refractivity contribution in [2.75, 3.05) is 13.1 Å². The Morgan fingerprint density at radius 1 is 1.12 bits per heavy atom. The Morgan fingerprint density at radius 2 is 1.88 bits per heavy atom. The van der Waals surface area contributed by atoms with Gasteiger partial charge in [0.05, 0.1) is 5.69 Å². The van der Waals surface area contributed by atoms with Gasteiger partial charge in [0.25, 0.3) is 0 Å². The predicted molar refractivity (Wildman–Crippen MR) is 64.5 cm³/mol. The van der Waals surface area contributed by atoms with Crippen molar-refractivity contribution in [3.05, 3.63) is 30.5 Å². The van der Waals surface area contributed by atoms with Crippen LogP contribution in [0.3, 0.4) is 0 Å². The normalized spacial score (nSPS) is 17.2. The van der Waals surface area contributed by atoms with Crippen molar-refractivity contribution in [1.29, 1.82) is 0 Å². The molecule has 0 atom stereocenters. The van der Waals surface area contributed by atoms with Crippen molar-refractivity contribution in [2.45, 2.75) is 18.8 Å². The van der Waals surface area contributed by atoms with E-state index in [0.29, 0.717) is 5.92 Å². The van der Waals surface area contributed by atoms with Crippen LogP contribution in [0.2, 0.25) is 0 Å². The molecule has 2 aromatic rings. The second kappa shape index (κ2) is 4.63. The molecule has 0 bridgehead atoms. The second-order valence-electron chi connectivity index (χ2n) is 4.36. The molecule has 1 aliphatic rings. The number of rotatable bonds is 2. The maximum atomic E-state index is 4.34. The van der Waals surface area contributed by atoms with Crippen LogP contribution in [0.15, 0.2) is 24.8 Å². The van der Waals surface area contributed by atoms with Gasteiger partial charge in [0.15, 0.2) is 0 Å². The standard InChI is InChI=1S/C12H15N5/c1-3-13-4-2-9(1)11-5-12(17-16-11)10-6-14-8-15-7-10/h5-9,13H,1-4H2,(H,16,17). The van der Waals surface area contributed by atoms with Crippen LogP contribution in [-0.4, -0.2) is 33.3 Å². The first kappa shape index (κ1) is 10.4. The first-order valence-corrected chi connectivity index (χ1v) is 5.95. The van der Waals surface area contributed by atoms with E-state index in [1.807, 2.05) is 0 Å². The highest BCUT2D eigenvalue weighted by atomic mass is 15.1. The minimum Gasteiger partial charge on any atom is -0.317 e. The zero-order valence-electron chi connectivity index (χ0n) is 9.56. The van der Waals surface area contributed by atoms with Gasteiger partial charge >= 0.3 is 0 Å². The van der Waals surface area contributed by atoms with Crippen molar-refractivity contribution >= 4 is 0 Å². The third-order valence-corrected chi connectivity index (χ3v) is 3.23. The van der Waals surface area contributed by atoms with E-state index in [0.717, 1.165) is 24.3 Å². The van der Waals surface area contributed by atoms with Gasteiger partial charge in [-0.1, -0.05) is 0 Å². The summed E-state index contributed by atoms with van der Waals surface area (Å²) in [5, 5.41) is 10.8. The lowest BCUT2D eigenvalue weighted by atomic mass is 9.94. The molecule has 5 nitrogen and oxygen atoms in total. The number of nitrogens with zero attached hydrogens (tertiary/aromatic N) is 3. The largest absolute Gasteiger partial charge is 0.317 e. The fraction of sp³-hybridized carbons (Fsp3) is 0.417. The number of H-pyrrole nitrogens is 1. The molecular weight excluding hydrogens is 214 g/mol. The van der Waals surface area contributed by atoms with Gasteiger partial charge in [-0.05, 0) is 32.0 Å². The van der Waals surface area contributed by atoms with Crippen LogP contribution in [0.25, 0.3) is 11.3 Å². The zero-order valence-corrected chi connectivity index (χ0v) is 9.56. The molecule has 3 rings (SSSR count). The number of piperidine rings is 1. The molecule has 5 heteroatoms. The van der Waals surface area contributed by atoms with E-state index in [1.165, 1.54) is 24.9 Å². The minimum atomic E-state index is 0.599. The Morgan fingerprint density at radius 3 is 2.65 bits per heavy atom. The molecule has 0 amide bonds. The molecule has 2 N–H and O–H groups in total. The van der Waals surface area contributed by atoms with E-state index in [4.69, 9.17) is 0 Å². The number of aromatic nitrogens is 4. The summed E-state index contributed by atoms with van der Waals surface area (Å²) < 4.78 is 0. The minimum absolute atomic E-state index is 0.599. The number of aromatic amines is 1. The summed E-state index contributed by atoms with van der Waals surface area (Å²) in [6, 6.07) is 2.12. The van der Waals surface area contributed by atoms with Crippen LogP contribution in [-0.2, 0) is 0 Å². The van der Waals surface area contributed by atoms with Crippen molar-refractivity contribution in [3.8, 4) is 11.3 Å². The molecule has 1 saturated heterocycles. The van der Waals surface area contributed by atoms with E-state index in [-0.39, 0.29) is 0 Å². The molecule has 0 spiro atoms. The molecule has 1 fully saturated rings. The number of hydrogen-bond donors (Lipinski definition) is 2. The third-order valence-electron chi connectivity index (χ3n) is 3.23. The molecule has 3 heterocycles. The second-order valence-corrected chi connectivity index (χ2v) is 4.36. The fourth-order valence-electron chi connectivity index (χ4n) is 2.26. The quantitative estimate of drug-likeness (QED) is 0.815. The van der Waals surface area contributed by atoms with Gasteiger partial charge in [-0.3, -0.25) is 5.10 Å². The van der Waals surface area contributed by atoms with Crippen molar-refractivity contribution in [1.82, 2.24) is 25.5 Å². The lowest BCUT2D eigenvalue weighted by molar-refractivity contribution is 0.453. The summed E-state index contributed by atoms with van der Waals surface area (Å²) in [4.78, 5) is 8.02. The molecule has 0 saturated carbocycles. The Hall–Kier alpha value is -1.75. The molecule has 0 unspecified atom stereocenters. The summed E-state index contributed by atoms with van der Waals surface area (Å²) in [5.41, 5.74) is 3.12. The Kier molecular flexibility index (Phi) is 2.83. The lowest BCUT2D eigenvalue weighted by Crippen LogP contribution is -2.26. The van der Waals surface area contributed by atoms with Crippen molar-refractivity contribution in [3.63, 3.8) is 0 Å². The van der Waals surface area contributed by atoms with Gasteiger partial charge < -0.3 is 5.32 Å². The zero-order chi connectivity index (χ0) is 11.5. The monoisotopic (exact) mass is 229 g/mol. The summed E-state index contributed by atoms with van der Waals surface area (Å²) in [7, 11) is 0. The van der Waals surface area contributed by atoms with Gasteiger partial charge in [-0.25, -0.2) is 9.97 Å². The highest BCUT2D eigenvalue weighted by molar-refractivity contribution is 5.56. The van der Waals surface area contributed by atoms with Gasteiger partial charge in [-0.15, -0.1) is 0 Å². The molecule has 1 aliphatic heterocycles. The average Bonchev–Trinajstić information content (AvgIpc) is 2.90. The number of nitrogens with one attached hydrogen (secondary N) is 2. The van der Waals surface area contributed by atoms with Gasteiger partial charge in [0.2, 0.25) is 0 Å². The van der Waals surface area contributed by atoms with Crippen molar-refractivity contribution < 1.29 is 0 Å². The summed E-state index contributed by atoms with van der Waals surface area (Å²) in [6.45, 7) is 2.18. The summed E-state index contributed by atoms with van der Waals surface area (Å²) in [5.74, 6) is 0.599. The lowest BCUT2D eigenvalue weighted by Gasteiger charge is -2.20. The SMILES string of the molecule is c1ncc(-c2cc(C3CCNCC3)[nH]n2)cn1. The average molecular weight is 229 g/mol. The van der Waals surface area contributed by atoms with Crippen LogP contribution < -0.4 is 5.32 Å². The van der Waals surface area contributed by atoms with Crippen LogP contribution in [0.1, 0.15) is 24.5 Å². The Balaban J connectivity index is 1.83. The van der Waals surface area contributed by atoms with E-state index < -0.39 is 0 Å². The first-order chi connectivity index (χ1) is 8.43. The topological polar surface area (TPSA) is 66.5 Å². The predicted octanol–water partition coefficient (Wildman–Crippen LogP) is 1.33. The maximum Gasteiger partial charge on any atom is 0.115 e. The molecule has 0 aliphatic carbocycles. The summed E-state index contributed by atoms with van der Waals surface area (Å²) in [6.07, 6.45) is 7.45. The molecular formula is C12H15N5. The van der Waals surface area contributed by atoms with Crippen LogP contribution in [0, 0.1) is 0 Å². The van der Waals surface area contributed by atoms with E-state index >= 15 is 0 Å². The van der Waals surface area contributed by atoms with Gasteiger partial charge in [0, 0.05) is 29.6 Å². The molecule has 0 aromatic carbocycles. The highest BCUT2D eigenvalue weighted by Crippen LogP contribution is 2.26. The van der Waals surface area contributed by atoms with Crippen LogP contribution in [0.5, 0.6) is 0 Å². The molecule has 17 heavy (non-hydrogen) atoms. The Labute approximate surface area is 99.7 Å². The van der Waals surface area contributed by atoms with E-state index in [1.54, 1.807) is 12.4 Å². The van der Waals surface area contributed by atoms with Crippen LogP contribution in [0.4, 0.5) is 0 Å². The number of hydrogen-bond acceptors (Lipinski definition) is 4. The maximum absolute atomic E-state index is 4.34. The fourth-order valence-corrected chi connectivity index (χ4v) is 2.26. The smallest absolute Gasteiger partial charge is 0.115 e. The highest BCUT2D eigenvalue weighted by Gasteiger charge is 2.17. The van der Waals surface area contributed by atoms with E-state index in [2.05, 4.69) is 31.5 Å². The first-order valence-electron chi connectivity index (χ1n) is 5.95. The molecule has 2 aromatic heterocycles. The van der Waals surface area contributed by atoms with Gasteiger partial charge in [-0.2, -0.15) is 5.10 Å². The van der Waals surface area contributed by atoms with Crippen molar-refractivity contribution in [2.24, 2.45) is 0 Å². The molecule has 0 radical (unpaired) electrons. The third kappa shape index (κ3) is 2.19. The molecule has 88 valence electrons. The van der Waals surface area contributed by atoms with Crippen LogP contribution >= 0.6 is 0 Å². The van der Waals surface area contributed by atoms with E-state index in [9.17, 15) is 0 Å².